The predicted molar refractivity (Wildman–Crippen MR) is 178 cm³/mol. The number of hydrogen-bond acceptors (Lipinski definition) is 11. The minimum Gasteiger partial charge on any atom is -0.481 e. The van der Waals surface area contributed by atoms with Gasteiger partial charge in [-0.25, -0.2) is 27.5 Å². The number of urea groups is 1. The highest BCUT2D eigenvalue weighted by Crippen LogP contribution is 2.32. The van der Waals surface area contributed by atoms with Crippen LogP contribution in [-0.4, -0.2) is 70.7 Å². The van der Waals surface area contributed by atoms with Crippen molar-refractivity contribution in [3.05, 3.63) is 79.9 Å². The molecule has 0 saturated carbocycles. The summed E-state index contributed by atoms with van der Waals surface area (Å²) in [5.74, 6) is 1.47. The van der Waals surface area contributed by atoms with Gasteiger partial charge in [-0.3, -0.25) is 9.88 Å². The smallest absolute Gasteiger partial charge is 0.350 e. The van der Waals surface area contributed by atoms with Crippen molar-refractivity contribution in [1.29, 1.82) is 0 Å². The van der Waals surface area contributed by atoms with Crippen LogP contribution in [0.3, 0.4) is 0 Å². The average molecular weight is 735 g/mol. The first kappa shape index (κ1) is 36.5. The number of fused-ring (bicyclic) bond motifs is 1. The molecule has 4 aromatic rings. The van der Waals surface area contributed by atoms with E-state index in [-0.39, 0.29) is 41.1 Å². The van der Waals surface area contributed by atoms with Crippen LogP contribution in [0.4, 0.5) is 10.7 Å². The number of aromatic carboxylic acids is 1. The Bertz CT molecular complexity index is 2060. The van der Waals surface area contributed by atoms with Crippen LogP contribution < -0.4 is 29.9 Å². The van der Waals surface area contributed by atoms with Gasteiger partial charge in [0, 0.05) is 19.0 Å². The molecule has 1 aliphatic rings. The molecule has 0 aliphatic carbocycles. The van der Waals surface area contributed by atoms with Crippen molar-refractivity contribution < 1.29 is 37.3 Å². The van der Waals surface area contributed by atoms with E-state index in [1.54, 1.807) is 15.4 Å². The van der Waals surface area contributed by atoms with Gasteiger partial charge in [0.05, 0.1) is 47.3 Å². The second-order valence-electron chi connectivity index (χ2n) is 10.0. The standard InChI is InChI=1S/C15H13Cl2N3O2.C15H16N4O7S/c1-2-7-22-13-9-12(10(16)8-11(13)17)20-15(21)19-6-4-3-5-14(19)18-20;1-25-11-7-12(26-2)17-14(16-11)18-15(22)19-27(23,24)8-9-5-3-4-6-10(9)13(20)21/h1,8-9H,3-7H2;3-7H,8H2,1-2H3,(H,20,21)(H2,16,17,18,19,22). The number of aryl methyl sites for hydroxylation is 1. The zero-order chi connectivity index (χ0) is 35.7. The highest BCUT2D eigenvalue weighted by Gasteiger charge is 2.22. The molecule has 0 atom stereocenters. The van der Waals surface area contributed by atoms with Gasteiger partial charge in [0.2, 0.25) is 27.7 Å². The van der Waals surface area contributed by atoms with Gasteiger partial charge >= 0.3 is 17.7 Å². The van der Waals surface area contributed by atoms with Gasteiger partial charge in [0.25, 0.3) is 0 Å². The molecule has 2 aromatic heterocycles. The van der Waals surface area contributed by atoms with Gasteiger partial charge in [-0.05, 0) is 30.5 Å². The summed E-state index contributed by atoms with van der Waals surface area (Å²) in [6.07, 6.45) is 7.97. The van der Waals surface area contributed by atoms with E-state index in [2.05, 4.69) is 26.3 Å². The largest absolute Gasteiger partial charge is 0.481 e. The van der Waals surface area contributed by atoms with Crippen molar-refractivity contribution in [2.75, 3.05) is 26.1 Å². The third-order valence-electron chi connectivity index (χ3n) is 6.68. The molecule has 258 valence electrons. The number of terminal acetylenes is 1. The number of carboxylic acid groups (broad SMARTS) is 1. The zero-order valence-corrected chi connectivity index (χ0v) is 28.3. The Hall–Kier alpha value is -5.31. The summed E-state index contributed by atoms with van der Waals surface area (Å²) in [6.45, 7) is 0.759. The fraction of sp³-hybridized carbons (Fsp3) is 0.267. The number of rotatable bonds is 10. The Morgan fingerprint density at radius 2 is 1.76 bits per heavy atom. The summed E-state index contributed by atoms with van der Waals surface area (Å²) in [7, 11) is -1.50. The van der Waals surface area contributed by atoms with Crippen LogP contribution in [-0.2, 0) is 28.7 Å². The number of ether oxygens (including phenoxy) is 3. The number of methoxy groups -OCH3 is 2. The first-order valence-electron chi connectivity index (χ1n) is 14.2. The van der Waals surface area contributed by atoms with Gasteiger partial charge in [0.1, 0.15) is 18.2 Å². The molecule has 3 heterocycles. The number of anilines is 1. The van der Waals surface area contributed by atoms with Gasteiger partial charge < -0.3 is 19.3 Å². The van der Waals surface area contributed by atoms with Crippen molar-refractivity contribution in [3.8, 4) is 35.5 Å². The number of halogens is 2. The molecule has 49 heavy (non-hydrogen) atoms. The van der Waals surface area contributed by atoms with E-state index < -0.39 is 27.8 Å². The molecule has 0 radical (unpaired) electrons. The van der Waals surface area contributed by atoms with E-state index in [4.69, 9.17) is 48.9 Å². The normalized spacial score (nSPS) is 12.0. The Kier molecular flexibility index (Phi) is 12.1. The second kappa shape index (κ2) is 16.2. The monoisotopic (exact) mass is 733 g/mol. The Morgan fingerprint density at radius 3 is 2.39 bits per heavy atom. The maximum atomic E-state index is 12.5. The lowest BCUT2D eigenvalue weighted by molar-refractivity contribution is 0.0696. The molecule has 2 aromatic carbocycles. The molecule has 1 aliphatic heterocycles. The van der Waals surface area contributed by atoms with Crippen molar-refractivity contribution in [1.82, 2.24) is 29.0 Å². The molecule has 0 bridgehead atoms. The summed E-state index contributed by atoms with van der Waals surface area (Å²) in [6, 6.07) is 8.92. The van der Waals surface area contributed by atoms with Crippen molar-refractivity contribution in [2.24, 2.45) is 0 Å². The molecule has 0 fully saturated rings. The number of carboxylic acids is 1. The van der Waals surface area contributed by atoms with Gasteiger partial charge in [0.15, 0.2) is 0 Å². The average Bonchev–Trinajstić information content (AvgIpc) is 3.39. The van der Waals surface area contributed by atoms with Gasteiger partial charge in [-0.2, -0.15) is 14.6 Å². The molecule has 16 nitrogen and oxygen atoms in total. The Balaban J connectivity index is 0.000000225. The maximum absolute atomic E-state index is 12.5. The van der Waals surface area contributed by atoms with E-state index in [1.165, 1.54) is 55.3 Å². The first-order valence-corrected chi connectivity index (χ1v) is 16.6. The summed E-state index contributed by atoms with van der Waals surface area (Å²) >= 11 is 12.3. The Morgan fingerprint density at radius 1 is 1.06 bits per heavy atom. The summed E-state index contributed by atoms with van der Waals surface area (Å²) in [4.78, 5) is 43.3. The summed E-state index contributed by atoms with van der Waals surface area (Å²) < 4.78 is 44.3. The van der Waals surface area contributed by atoms with Crippen LogP contribution >= 0.6 is 23.2 Å². The highest BCUT2D eigenvalue weighted by molar-refractivity contribution is 7.89. The lowest BCUT2D eigenvalue weighted by Crippen LogP contribution is -2.36. The number of sulfonamides is 1. The number of benzene rings is 2. The minimum absolute atomic E-state index is 0.0320. The molecule has 19 heteroatoms. The van der Waals surface area contributed by atoms with Crippen LogP contribution in [0.15, 0.2) is 47.3 Å². The van der Waals surface area contributed by atoms with Gasteiger partial charge in [-0.1, -0.05) is 47.3 Å². The molecule has 0 unspecified atom stereocenters. The van der Waals surface area contributed by atoms with E-state index in [0.29, 0.717) is 28.0 Å². The second-order valence-corrected chi connectivity index (χ2v) is 12.5. The first-order chi connectivity index (χ1) is 23.3. The topological polar surface area (TPSA) is 206 Å². The van der Waals surface area contributed by atoms with Crippen LogP contribution in [0.25, 0.3) is 5.69 Å². The number of aromatic nitrogens is 5. The number of hydrogen-bond donors (Lipinski definition) is 3. The zero-order valence-electron chi connectivity index (χ0n) is 26.0. The molecule has 2 amide bonds. The number of carbonyl (C=O) groups is 2. The lowest BCUT2D eigenvalue weighted by atomic mass is 10.1. The third kappa shape index (κ3) is 9.41. The fourth-order valence-corrected chi connectivity index (χ4v) is 6.08. The van der Waals surface area contributed by atoms with Crippen molar-refractivity contribution >= 4 is 51.2 Å². The molecule has 0 saturated heterocycles. The summed E-state index contributed by atoms with van der Waals surface area (Å²) in [5, 5.41) is 16.3. The summed E-state index contributed by atoms with van der Waals surface area (Å²) in [5.41, 5.74) is 0.0839. The van der Waals surface area contributed by atoms with Gasteiger partial charge in [-0.15, -0.1) is 11.5 Å². The van der Waals surface area contributed by atoms with Crippen LogP contribution in [0.1, 0.15) is 34.6 Å². The number of nitrogens with zero attached hydrogens (tertiary/aromatic N) is 5. The predicted octanol–water partition coefficient (Wildman–Crippen LogP) is 3.53. The van der Waals surface area contributed by atoms with E-state index in [9.17, 15) is 22.8 Å². The third-order valence-corrected chi connectivity index (χ3v) is 8.46. The SMILES string of the molecule is C#CCOc1cc(-n2nc3n(c2=O)CCCC3)c(Cl)cc1Cl.COc1cc(OC)nc(NC(=O)NS(=O)(=O)Cc2ccccc2C(=O)O)n1. The van der Waals surface area contributed by atoms with Crippen molar-refractivity contribution in [3.63, 3.8) is 0 Å². The highest BCUT2D eigenvalue weighted by atomic mass is 35.5. The molecule has 5 rings (SSSR count). The number of amides is 2. The van der Waals surface area contributed by atoms with Crippen LogP contribution in [0.2, 0.25) is 10.0 Å². The fourth-order valence-electron chi connectivity index (χ4n) is 4.50. The van der Waals surface area contributed by atoms with Crippen LogP contribution in [0.5, 0.6) is 17.5 Å². The lowest BCUT2D eigenvalue weighted by Gasteiger charge is -2.10. The van der Waals surface area contributed by atoms with E-state index in [1.807, 2.05) is 0 Å². The Labute approximate surface area is 290 Å². The molecular formula is C30H29Cl2N7O9S. The molecule has 0 spiro atoms. The number of carbonyl (C=O) groups excluding carboxylic acids is 1. The molecular weight excluding hydrogens is 705 g/mol. The quantitative estimate of drug-likeness (QED) is 0.200. The van der Waals surface area contributed by atoms with Crippen molar-refractivity contribution in [2.45, 2.75) is 31.6 Å². The van der Waals surface area contributed by atoms with E-state index in [0.717, 1.165) is 25.1 Å². The molecule has 3 N–H and O–H groups in total. The maximum Gasteiger partial charge on any atom is 0.350 e. The number of nitrogens with one attached hydrogen (secondary N) is 2. The minimum atomic E-state index is -4.18. The van der Waals surface area contributed by atoms with E-state index >= 15 is 0 Å². The van der Waals surface area contributed by atoms with Crippen LogP contribution in [0, 0.1) is 12.3 Å².